The maximum Gasteiger partial charge on any atom is 0.261 e. The number of fused-ring (bicyclic) bond motifs is 2. The Hall–Kier alpha value is -1.13. The molecule has 3 rings (SSSR count). The zero-order valence-corrected chi connectivity index (χ0v) is 12.6. The second-order valence-electron chi connectivity index (χ2n) is 5.33. The van der Waals surface area contributed by atoms with E-state index in [1.54, 1.807) is 0 Å². The third-order valence-electron chi connectivity index (χ3n) is 3.76. The maximum atomic E-state index is 12.5. The lowest BCUT2D eigenvalue weighted by molar-refractivity contribution is -0.148. The highest BCUT2D eigenvalue weighted by atomic mass is 79.9. The fourth-order valence-corrected chi connectivity index (χ4v) is 3.61. The normalized spacial score (nSPS) is 29.7. The van der Waals surface area contributed by atoms with Gasteiger partial charge in [-0.2, -0.15) is 0 Å². The molecule has 1 spiro atoms. The van der Waals surface area contributed by atoms with Gasteiger partial charge in [0, 0.05) is 22.1 Å². The molecule has 1 aromatic rings. The molecule has 2 aliphatic heterocycles. The molecule has 2 atom stereocenters. The fourth-order valence-electron chi connectivity index (χ4n) is 2.92. The van der Waals surface area contributed by atoms with E-state index in [2.05, 4.69) is 34.2 Å². The van der Waals surface area contributed by atoms with E-state index in [1.807, 2.05) is 25.1 Å². The second kappa shape index (κ2) is 4.46. The van der Waals surface area contributed by atoms with E-state index >= 15 is 0 Å². The van der Waals surface area contributed by atoms with Crippen LogP contribution in [0.15, 0.2) is 34.3 Å². The number of rotatable bonds is 0. The van der Waals surface area contributed by atoms with Gasteiger partial charge in [0.2, 0.25) is 0 Å². The van der Waals surface area contributed by atoms with Crippen LogP contribution in [0.25, 0.3) is 0 Å². The summed E-state index contributed by atoms with van der Waals surface area (Å²) < 4.78 is 7.08. The lowest BCUT2D eigenvalue weighted by atomic mass is 9.88. The molecule has 0 saturated carbocycles. The number of nitrogens with one attached hydrogen (secondary N) is 1. The molecule has 0 fully saturated rings. The van der Waals surface area contributed by atoms with E-state index in [0.29, 0.717) is 6.42 Å². The van der Waals surface area contributed by atoms with Crippen LogP contribution in [0.1, 0.15) is 32.3 Å². The molecule has 19 heavy (non-hydrogen) atoms. The number of halogens is 1. The number of amides is 1. The summed E-state index contributed by atoms with van der Waals surface area (Å²) in [5.41, 5.74) is 2.09. The molecule has 0 saturated heterocycles. The Morgan fingerprint density at radius 3 is 3.05 bits per heavy atom. The van der Waals surface area contributed by atoms with Gasteiger partial charge in [0.1, 0.15) is 0 Å². The number of carbonyl (C=O) groups excluding carboxylic acids is 1. The van der Waals surface area contributed by atoms with Crippen molar-refractivity contribution in [3.63, 3.8) is 0 Å². The number of carbonyl (C=O) groups is 1. The summed E-state index contributed by atoms with van der Waals surface area (Å²) in [7, 11) is 0. The Bertz CT molecular complexity index is 582. The number of ether oxygens (including phenoxy) is 1. The van der Waals surface area contributed by atoms with Crippen molar-refractivity contribution in [2.45, 2.75) is 38.4 Å². The van der Waals surface area contributed by atoms with Crippen LogP contribution in [0.4, 0.5) is 5.69 Å². The predicted octanol–water partition coefficient (Wildman–Crippen LogP) is 3.74. The molecule has 2 aliphatic rings. The molecule has 1 N–H and O–H groups in total. The van der Waals surface area contributed by atoms with Crippen LogP contribution in [0.3, 0.4) is 0 Å². The van der Waals surface area contributed by atoms with E-state index in [1.165, 1.54) is 5.57 Å². The summed E-state index contributed by atoms with van der Waals surface area (Å²) in [4.78, 5) is 12.5. The van der Waals surface area contributed by atoms with Crippen LogP contribution >= 0.6 is 15.9 Å². The van der Waals surface area contributed by atoms with Gasteiger partial charge >= 0.3 is 0 Å². The van der Waals surface area contributed by atoms with E-state index in [4.69, 9.17) is 4.74 Å². The first-order valence-corrected chi connectivity index (χ1v) is 7.26. The van der Waals surface area contributed by atoms with Gasteiger partial charge in [-0.25, -0.2) is 0 Å². The standard InChI is InChI=1S/C15H16BrNO2/c1-9-6-7-10(2)19-15(8-9)13-11(16)4-3-5-12(13)17-14(15)18/h3-6,10H,7-8H2,1-2H3,(H,17,18). The first kappa shape index (κ1) is 12.9. The smallest absolute Gasteiger partial charge is 0.261 e. The Morgan fingerprint density at radius 2 is 2.26 bits per heavy atom. The quantitative estimate of drug-likeness (QED) is 0.739. The Kier molecular flexibility index (Phi) is 3.02. The SMILES string of the molecule is CC1=CCC(C)OC2(C1)C(=O)Nc1cccc(Br)c12. The summed E-state index contributed by atoms with van der Waals surface area (Å²) in [5, 5.41) is 2.95. The van der Waals surface area contributed by atoms with E-state index in [-0.39, 0.29) is 12.0 Å². The highest BCUT2D eigenvalue weighted by molar-refractivity contribution is 9.10. The Labute approximate surface area is 121 Å². The summed E-state index contributed by atoms with van der Waals surface area (Å²) in [6.45, 7) is 4.07. The highest BCUT2D eigenvalue weighted by Gasteiger charge is 2.50. The summed E-state index contributed by atoms with van der Waals surface area (Å²) in [6, 6.07) is 5.80. The Balaban J connectivity index is 2.19. The summed E-state index contributed by atoms with van der Waals surface area (Å²) in [5.74, 6) is -0.0594. The molecule has 2 unspecified atom stereocenters. The maximum absolute atomic E-state index is 12.5. The Morgan fingerprint density at radius 1 is 1.47 bits per heavy atom. The summed E-state index contributed by atoms with van der Waals surface area (Å²) in [6.07, 6.45) is 3.65. The molecule has 0 aromatic heterocycles. The van der Waals surface area contributed by atoms with Gasteiger partial charge in [-0.15, -0.1) is 0 Å². The van der Waals surface area contributed by atoms with Crippen LogP contribution in [-0.4, -0.2) is 12.0 Å². The average Bonchev–Trinajstić information content (AvgIpc) is 2.51. The minimum absolute atomic E-state index is 0.0289. The fraction of sp³-hybridized carbons (Fsp3) is 0.400. The van der Waals surface area contributed by atoms with Gasteiger partial charge < -0.3 is 10.1 Å². The van der Waals surface area contributed by atoms with Crippen LogP contribution in [0, 0.1) is 0 Å². The second-order valence-corrected chi connectivity index (χ2v) is 6.19. The molecule has 100 valence electrons. The number of hydrogen-bond acceptors (Lipinski definition) is 2. The minimum Gasteiger partial charge on any atom is -0.357 e. The zero-order valence-electron chi connectivity index (χ0n) is 11.0. The van der Waals surface area contributed by atoms with Crippen molar-refractivity contribution >= 4 is 27.5 Å². The third-order valence-corrected chi connectivity index (χ3v) is 4.42. The van der Waals surface area contributed by atoms with Crippen molar-refractivity contribution in [2.75, 3.05) is 5.32 Å². The van der Waals surface area contributed by atoms with Gasteiger partial charge in [0.15, 0.2) is 5.60 Å². The molecule has 4 heteroatoms. The monoisotopic (exact) mass is 321 g/mol. The van der Waals surface area contributed by atoms with Crippen molar-refractivity contribution in [3.05, 3.63) is 39.9 Å². The first-order valence-electron chi connectivity index (χ1n) is 6.47. The molecular weight excluding hydrogens is 306 g/mol. The first-order chi connectivity index (χ1) is 9.03. The van der Waals surface area contributed by atoms with Gasteiger partial charge in [0.05, 0.1) is 6.10 Å². The third kappa shape index (κ3) is 1.94. The minimum atomic E-state index is -0.883. The van der Waals surface area contributed by atoms with Crippen molar-refractivity contribution in [3.8, 4) is 0 Å². The van der Waals surface area contributed by atoms with E-state index in [0.717, 1.165) is 22.1 Å². The van der Waals surface area contributed by atoms with Crippen molar-refractivity contribution in [1.82, 2.24) is 0 Å². The molecule has 0 radical (unpaired) electrons. The van der Waals surface area contributed by atoms with E-state index in [9.17, 15) is 4.79 Å². The van der Waals surface area contributed by atoms with Crippen molar-refractivity contribution in [2.24, 2.45) is 0 Å². The molecule has 0 aliphatic carbocycles. The van der Waals surface area contributed by atoms with Crippen LogP contribution < -0.4 is 5.32 Å². The largest absolute Gasteiger partial charge is 0.357 e. The van der Waals surface area contributed by atoms with E-state index < -0.39 is 5.60 Å². The average molecular weight is 322 g/mol. The van der Waals surface area contributed by atoms with Crippen LogP contribution in [0.2, 0.25) is 0 Å². The van der Waals surface area contributed by atoms with Gasteiger partial charge in [-0.05, 0) is 32.4 Å². The van der Waals surface area contributed by atoms with Crippen molar-refractivity contribution in [1.29, 1.82) is 0 Å². The molecule has 0 bridgehead atoms. The van der Waals surface area contributed by atoms with Crippen LogP contribution in [-0.2, 0) is 15.1 Å². The van der Waals surface area contributed by atoms with Crippen molar-refractivity contribution < 1.29 is 9.53 Å². The van der Waals surface area contributed by atoms with Gasteiger partial charge in [0.25, 0.3) is 5.91 Å². The predicted molar refractivity (Wildman–Crippen MR) is 78.0 cm³/mol. The zero-order chi connectivity index (χ0) is 13.6. The van der Waals surface area contributed by atoms with Gasteiger partial charge in [-0.1, -0.05) is 33.6 Å². The molecule has 1 amide bonds. The number of hydrogen-bond donors (Lipinski definition) is 1. The molecule has 3 nitrogen and oxygen atoms in total. The molecule has 2 heterocycles. The van der Waals surface area contributed by atoms with Crippen LogP contribution in [0.5, 0.6) is 0 Å². The molecule has 1 aromatic carbocycles. The lowest BCUT2D eigenvalue weighted by Gasteiger charge is -2.30. The number of anilines is 1. The highest BCUT2D eigenvalue weighted by Crippen LogP contribution is 2.48. The lowest BCUT2D eigenvalue weighted by Crippen LogP contribution is -2.39. The topological polar surface area (TPSA) is 38.3 Å². The number of benzene rings is 1. The molecular formula is C15H16BrNO2. The van der Waals surface area contributed by atoms with Gasteiger partial charge in [-0.3, -0.25) is 4.79 Å². The summed E-state index contributed by atoms with van der Waals surface area (Å²) >= 11 is 3.56.